The van der Waals surface area contributed by atoms with E-state index in [-0.39, 0.29) is 5.91 Å². The number of benzene rings is 2. The normalized spacial score (nSPS) is 10.0. The van der Waals surface area contributed by atoms with E-state index in [1.807, 2.05) is 57.2 Å². The minimum Gasteiger partial charge on any atom is -0.493 e. The van der Waals surface area contributed by atoms with Crippen LogP contribution in [0.2, 0.25) is 0 Å². The molecule has 0 unspecified atom stereocenters. The van der Waals surface area contributed by atoms with Gasteiger partial charge in [-0.15, -0.1) is 0 Å². The third-order valence-corrected chi connectivity index (χ3v) is 4.98. The second-order valence-electron chi connectivity index (χ2n) is 8.26. The molecule has 0 aliphatic heterocycles. The Labute approximate surface area is 226 Å². The van der Waals surface area contributed by atoms with E-state index in [2.05, 4.69) is 45.3 Å². The van der Waals surface area contributed by atoms with Gasteiger partial charge in [-0.05, 0) is 43.6 Å². The molecule has 2 rings (SSSR count). The van der Waals surface area contributed by atoms with Gasteiger partial charge in [-0.2, -0.15) is 0 Å². The van der Waals surface area contributed by atoms with Gasteiger partial charge in [-0.3, -0.25) is 4.79 Å². The fraction of sp³-hybridized carbons (Fsp3) is 0.516. The fourth-order valence-electron chi connectivity index (χ4n) is 2.67. The third kappa shape index (κ3) is 16.4. The predicted molar refractivity (Wildman–Crippen MR) is 159 cm³/mol. The van der Waals surface area contributed by atoms with Crippen molar-refractivity contribution in [2.45, 2.75) is 61.8 Å². The van der Waals surface area contributed by atoms with E-state index in [1.165, 1.54) is 27.8 Å². The monoisotopic (exact) mass is 516 g/mol. The molecular weight excluding hydrogens is 464 g/mol. The fourth-order valence-corrected chi connectivity index (χ4v) is 2.67. The third-order valence-electron chi connectivity index (χ3n) is 4.98. The Balaban J connectivity index is 0. The maximum Gasteiger partial charge on any atom is 0.251 e. The van der Waals surface area contributed by atoms with Gasteiger partial charge >= 0.3 is 0 Å². The molecule has 37 heavy (non-hydrogen) atoms. The molecule has 0 heterocycles. The molecule has 0 radical (unpaired) electrons. The highest BCUT2D eigenvalue weighted by Crippen LogP contribution is 2.38. The molecule has 0 aliphatic rings. The summed E-state index contributed by atoms with van der Waals surface area (Å²) >= 11 is 0. The molecule has 6 nitrogen and oxygen atoms in total. The lowest BCUT2D eigenvalue weighted by Crippen LogP contribution is -2.25. The van der Waals surface area contributed by atoms with Crippen molar-refractivity contribution >= 4 is 12.0 Å². The second kappa shape index (κ2) is 23.4. The summed E-state index contributed by atoms with van der Waals surface area (Å²) in [6, 6.07) is 13.2. The van der Waals surface area contributed by atoms with E-state index in [4.69, 9.17) is 14.2 Å². The van der Waals surface area contributed by atoms with Crippen LogP contribution in [0.25, 0.3) is 6.08 Å². The first kappa shape index (κ1) is 36.2. The van der Waals surface area contributed by atoms with Crippen LogP contribution in [0.4, 0.5) is 0 Å². The number of hydrogen-bond acceptors (Lipinski definition) is 5. The zero-order chi connectivity index (χ0) is 28.6. The van der Waals surface area contributed by atoms with Crippen LogP contribution < -0.4 is 24.8 Å². The number of amides is 1. The molecular formula is C31H52N2O4. The minimum absolute atomic E-state index is 0.208. The highest BCUT2D eigenvalue weighted by molar-refractivity contribution is 5.95. The number of carbonyl (C=O) groups excluding carboxylic acids is 1. The topological polar surface area (TPSA) is 68.8 Å². The van der Waals surface area contributed by atoms with Crippen molar-refractivity contribution in [3.05, 3.63) is 59.2 Å². The van der Waals surface area contributed by atoms with Crippen molar-refractivity contribution in [1.82, 2.24) is 10.6 Å². The molecule has 0 atom stereocenters. The smallest absolute Gasteiger partial charge is 0.251 e. The SMILES string of the molecule is CC.CCC(C)C.CCNCC.COc1cc(C(=O)NC/C(C)=C/c2ccccc2)cc(OC)c1OC. The standard InChI is InChI=1S/C20H23NO4.C5H12.C4H11N.C2H6/c1-14(10-15-8-6-5-7-9-15)13-21-20(22)16-11-17(23-2)19(25-4)18(12-16)24-3;1-4-5(2)3;1-3-5-4-2;1-2/h5-12H,13H2,1-4H3,(H,21,22);5H,4H2,1-3H3;5H,3-4H2,1-2H3;1-2H3/b14-10+;;;. The van der Waals surface area contributed by atoms with E-state index in [0.717, 1.165) is 30.1 Å². The Kier molecular flexibility index (Phi) is 22.9. The van der Waals surface area contributed by atoms with Crippen LogP contribution in [0, 0.1) is 5.92 Å². The number of methoxy groups -OCH3 is 3. The number of rotatable bonds is 10. The summed E-state index contributed by atoms with van der Waals surface area (Å²) in [5.74, 6) is 2.03. The van der Waals surface area contributed by atoms with Crippen LogP contribution in [-0.2, 0) is 0 Å². The molecule has 0 fully saturated rings. The summed E-state index contributed by atoms with van der Waals surface area (Å²) in [5.41, 5.74) is 2.59. The molecule has 0 bridgehead atoms. The molecule has 2 aromatic rings. The quantitative estimate of drug-likeness (QED) is 0.348. The lowest BCUT2D eigenvalue weighted by Gasteiger charge is -2.14. The molecule has 1 amide bonds. The van der Waals surface area contributed by atoms with E-state index in [1.54, 1.807) is 12.1 Å². The van der Waals surface area contributed by atoms with Gasteiger partial charge in [0.2, 0.25) is 5.75 Å². The van der Waals surface area contributed by atoms with Crippen molar-refractivity contribution in [2.75, 3.05) is 41.0 Å². The first-order valence-corrected chi connectivity index (χ1v) is 13.3. The van der Waals surface area contributed by atoms with Gasteiger partial charge in [0.15, 0.2) is 11.5 Å². The lowest BCUT2D eigenvalue weighted by molar-refractivity contribution is 0.0956. The van der Waals surface area contributed by atoms with Crippen LogP contribution in [0.5, 0.6) is 17.2 Å². The number of ether oxygens (including phenoxy) is 3. The summed E-state index contributed by atoms with van der Waals surface area (Å²) in [7, 11) is 4.56. The summed E-state index contributed by atoms with van der Waals surface area (Å²) in [4.78, 5) is 12.4. The van der Waals surface area contributed by atoms with Gasteiger partial charge in [0, 0.05) is 12.1 Å². The summed E-state index contributed by atoms with van der Waals surface area (Å²) in [6.07, 6.45) is 3.34. The highest BCUT2D eigenvalue weighted by atomic mass is 16.5. The van der Waals surface area contributed by atoms with E-state index < -0.39 is 0 Å². The van der Waals surface area contributed by atoms with E-state index >= 15 is 0 Å². The molecule has 2 aromatic carbocycles. The predicted octanol–water partition coefficient (Wildman–Crippen LogP) is 7.24. The zero-order valence-corrected chi connectivity index (χ0v) is 25.2. The van der Waals surface area contributed by atoms with Gasteiger partial charge in [0.25, 0.3) is 5.91 Å². The number of hydrogen-bond donors (Lipinski definition) is 2. The Hall–Kier alpha value is -2.99. The van der Waals surface area contributed by atoms with Gasteiger partial charge < -0.3 is 24.8 Å². The van der Waals surface area contributed by atoms with Crippen LogP contribution >= 0.6 is 0 Å². The Morgan fingerprint density at radius 1 is 0.892 bits per heavy atom. The molecule has 6 heteroatoms. The molecule has 0 saturated carbocycles. The molecule has 0 saturated heterocycles. The lowest BCUT2D eigenvalue weighted by atomic mass is 10.1. The molecule has 210 valence electrons. The Bertz CT molecular complexity index is 838. The van der Waals surface area contributed by atoms with Crippen molar-refractivity contribution in [3.8, 4) is 17.2 Å². The van der Waals surface area contributed by atoms with Crippen molar-refractivity contribution < 1.29 is 19.0 Å². The first-order valence-electron chi connectivity index (χ1n) is 13.3. The average molecular weight is 517 g/mol. The molecule has 0 aromatic heterocycles. The zero-order valence-electron chi connectivity index (χ0n) is 25.2. The summed E-state index contributed by atoms with van der Waals surface area (Å²) < 4.78 is 15.8. The van der Waals surface area contributed by atoms with Gasteiger partial charge in [-0.25, -0.2) is 0 Å². The van der Waals surface area contributed by atoms with Crippen LogP contribution in [-0.4, -0.2) is 46.9 Å². The van der Waals surface area contributed by atoms with Crippen LogP contribution in [0.3, 0.4) is 0 Å². The molecule has 2 N–H and O–H groups in total. The largest absolute Gasteiger partial charge is 0.493 e. The van der Waals surface area contributed by atoms with Crippen LogP contribution in [0.1, 0.15) is 77.7 Å². The first-order chi connectivity index (χ1) is 17.8. The number of carbonyl (C=O) groups is 1. The highest BCUT2D eigenvalue weighted by Gasteiger charge is 2.16. The van der Waals surface area contributed by atoms with Crippen molar-refractivity contribution in [2.24, 2.45) is 5.92 Å². The van der Waals surface area contributed by atoms with Crippen molar-refractivity contribution in [1.29, 1.82) is 0 Å². The molecule has 0 spiro atoms. The van der Waals surface area contributed by atoms with Gasteiger partial charge in [-0.1, -0.05) is 96.9 Å². The maximum absolute atomic E-state index is 12.4. The van der Waals surface area contributed by atoms with Gasteiger partial charge in [0.05, 0.1) is 21.3 Å². The maximum atomic E-state index is 12.4. The second-order valence-corrected chi connectivity index (χ2v) is 8.26. The van der Waals surface area contributed by atoms with E-state index in [0.29, 0.717) is 29.4 Å². The number of nitrogens with one attached hydrogen (secondary N) is 2. The summed E-state index contributed by atoms with van der Waals surface area (Å²) in [5, 5.41) is 6.01. The Morgan fingerprint density at radius 2 is 1.38 bits per heavy atom. The van der Waals surface area contributed by atoms with E-state index in [9.17, 15) is 4.79 Å². The molecule has 0 aliphatic carbocycles. The summed E-state index contributed by atoms with van der Waals surface area (Å²) in [6.45, 7) is 19.5. The minimum atomic E-state index is -0.208. The van der Waals surface area contributed by atoms with Crippen LogP contribution in [0.15, 0.2) is 48.0 Å². The van der Waals surface area contributed by atoms with Gasteiger partial charge in [0.1, 0.15) is 0 Å². The van der Waals surface area contributed by atoms with Crippen molar-refractivity contribution in [3.63, 3.8) is 0 Å². The average Bonchev–Trinajstić information content (AvgIpc) is 2.93. The Morgan fingerprint density at radius 3 is 1.73 bits per heavy atom.